The Morgan fingerprint density at radius 1 is 1.46 bits per heavy atom. The number of carbonyl (C=O) groups excluding carboxylic acids is 1. The normalized spacial score (nSPS) is 19.0. The molecule has 3 heterocycles. The molecular formula is C18H24N4O2. The molecule has 1 aliphatic rings. The second kappa shape index (κ2) is 6.83. The molecule has 1 atom stereocenters. The van der Waals surface area contributed by atoms with Crippen molar-refractivity contribution >= 4 is 16.8 Å². The molecule has 6 nitrogen and oxygen atoms in total. The first-order valence-electron chi connectivity index (χ1n) is 8.31. The Kier molecular flexibility index (Phi) is 4.78. The molecule has 2 aromatic heterocycles. The van der Waals surface area contributed by atoms with E-state index in [1.807, 2.05) is 39.0 Å². The number of carbonyl (C=O) groups is 1. The maximum Gasteiger partial charge on any atom is 0.227 e. The molecule has 128 valence electrons. The van der Waals surface area contributed by atoms with Crippen LogP contribution in [0, 0.1) is 12.8 Å². The minimum Gasteiger partial charge on any atom is -0.379 e. The van der Waals surface area contributed by atoms with Crippen LogP contribution in [0.4, 0.5) is 0 Å². The molecule has 0 saturated carbocycles. The van der Waals surface area contributed by atoms with E-state index in [0.29, 0.717) is 19.8 Å². The molecule has 2 aromatic rings. The van der Waals surface area contributed by atoms with Gasteiger partial charge >= 0.3 is 0 Å². The number of nitrogens with zero attached hydrogens (tertiary/aromatic N) is 2. The van der Waals surface area contributed by atoms with Gasteiger partial charge in [0.2, 0.25) is 5.91 Å². The van der Waals surface area contributed by atoms with Crippen molar-refractivity contribution in [1.82, 2.24) is 20.6 Å². The zero-order chi connectivity index (χ0) is 17.2. The third-order valence-electron chi connectivity index (χ3n) is 4.25. The van der Waals surface area contributed by atoms with Crippen LogP contribution in [0.3, 0.4) is 0 Å². The van der Waals surface area contributed by atoms with Crippen LogP contribution in [0.5, 0.6) is 0 Å². The van der Waals surface area contributed by atoms with E-state index in [-0.39, 0.29) is 11.8 Å². The molecule has 1 unspecified atom stereocenters. The van der Waals surface area contributed by atoms with Gasteiger partial charge in [-0.15, -0.1) is 0 Å². The third kappa shape index (κ3) is 3.55. The van der Waals surface area contributed by atoms with E-state index in [1.54, 1.807) is 6.20 Å². The molecule has 1 amide bonds. The zero-order valence-corrected chi connectivity index (χ0v) is 14.4. The summed E-state index contributed by atoms with van der Waals surface area (Å²) < 4.78 is 5.49. The van der Waals surface area contributed by atoms with Gasteiger partial charge in [0.25, 0.3) is 0 Å². The highest BCUT2D eigenvalue weighted by Crippen LogP contribution is 2.26. The van der Waals surface area contributed by atoms with Crippen molar-refractivity contribution in [1.29, 1.82) is 0 Å². The van der Waals surface area contributed by atoms with Crippen LogP contribution in [0.25, 0.3) is 10.9 Å². The fourth-order valence-electron chi connectivity index (χ4n) is 3.00. The van der Waals surface area contributed by atoms with Crippen molar-refractivity contribution in [3.8, 4) is 0 Å². The summed E-state index contributed by atoms with van der Waals surface area (Å²) in [7, 11) is 0. The molecule has 0 radical (unpaired) electrons. The molecule has 0 aromatic carbocycles. The van der Waals surface area contributed by atoms with Gasteiger partial charge in [0.15, 0.2) is 0 Å². The number of rotatable bonds is 3. The molecule has 0 spiro atoms. The predicted molar refractivity (Wildman–Crippen MR) is 92.6 cm³/mol. The van der Waals surface area contributed by atoms with Crippen molar-refractivity contribution in [3.63, 3.8) is 0 Å². The number of hydrogen-bond acceptors (Lipinski definition) is 5. The van der Waals surface area contributed by atoms with Crippen molar-refractivity contribution < 1.29 is 9.53 Å². The number of amides is 1. The Morgan fingerprint density at radius 3 is 3.12 bits per heavy atom. The maximum absolute atomic E-state index is 12.7. The van der Waals surface area contributed by atoms with E-state index in [0.717, 1.165) is 28.8 Å². The zero-order valence-electron chi connectivity index (χ0n) is 14.4. The summed E-state index contributed by atoms with van der Waals surface area (Å²) in [5.41, 5.74) is 1.90. The lowest BCUT2D eigenvalue weighted by molar-refractivity contribution is -0.128. The molecule has 1 saturated heterocycles. The molecule has 0 bridgehead atoms. The summed E-state index contributed by atoms with van der Waals surface area (Å²) in [5, 5.41) is 7.39. The average Bonchev–Trinajstić information content (AvgIpc) is 2.83. The summed E-state index contributed by atoms with van der Waals surface area (Å²) in [6.07, 6.45) is 1.75. The van der Waals surface area contributed by atoms with Gasteiger partial charge in [-0.2, -0.15) is 0 Å². The van der Waals surface area contributed by atoms with Gasteiger partial charge in [-0.05, 0) is 32.9 Å². The Balaban J connectivity index is 1.88. The SMILES string of the molecule is Cc1cc2cccnc2c(C(C)(C)NC(=O)C2CNCCOC2)n1. The third-order valence-corrected chi connectivity index (χ3v) is 4.25. The topological polar surface area (TPSA) is 76.1 Å². The number of aromatic nitrogens is 2. The first-order valence-corrected chi connectivity index (χ1v) is 8.31. The summed E-state index contributed by atoms with van der Waals surface area (Å²) >= 11 is 0. The average molecular weight is 328 g/mol. The smallest absolute Gasteiger partial charge is 0.227 e. The second-order valence-electron chi connectivity index (χ2n) is 6.78. The summed E-state index contributed by atoms with van der Waals surface area (Å²) in [5.74, 6) is -0.224. The van der Waals surface area contributed by atoms with Gasteiger partial charge in [-0.1, -0.05) is 6.07 Å². The lowest BCUT2D eigenvalue weighted by Crippen LogP contribution is -2.47. The van der Waals surface area contributed by atoms with Crippen LogP contribution in [-0.4, -0.2) is 42.2 Å². The first-order chi connectivity index (χ1) is 11.5. The molecule has 0 aliphatic carbocycles. The highest BCUT2D eigenvalue weighted by atomic mass is 16.5. The summed E-state index contributed by atoms with van der Waals surface area (Å²) in [4.78, 5) is 21.8. The fraction of sp³-hybridized carbons (Fsp3) is 0.500. The fourth-order valence-corrected chi connectivity index (χ4v) is 3.00. The largest absolute Gasteiger partial charge is 0.379 e. The van der Waals surface area contributed by atoms with Crippen LogP contribution >= 0.6 is 0 Å². The lowest BCUT2D eigenvalue weighted by atomic mass is 9.95. The highest BCUT2D eigenvalue weighted by molar-refractivity contribution is 5.84. The van der Waals surface area contributed by atoms with E-state index in [1.165, 1.54) is 0 Å². The van der Waals surface area contributed by atoms with Crippen molar-refractivity contribution in [2.45, 2.75) is 26.3 Å². The van der Waals surface area contributed by atoms with E-state index in [9.17, 15) is 4.79 Å². The molecule has 1 fully saturated rings. The molecule has 3 rings (SSSR count). The number of ether oxygens (including phenoxy) is 1. The Labute approximate surface area is 142 Å². The van der Waals surface area contributed by atoms with E-state index < -0.39 is 5.54 Å². The standard InChI is InChI=1S/C18H24N4O2/c1-12-9-13-5-4-6-20-15(13)16(21-12)18(2,3)22-17(23)14-10-19-7-8-24-11-14/h4-6,9,14,19H,7-8,10-11H2,1-3H3,(H,22,23). The highest BCUT2D eigenvalue weighted by Gasteiger charge is 2.31. The van der Waals surface area contributed by atoms with E-state index in [2.05, 4.69) is 20.6 Å². The number of pyridine rings is 2. The Hall–Kier alpha value is -2.05. The van der Waals surface area contributed by atoms with Gasteiger partial charge in [-0.25, -0.2) is 0 Å². The minimum atomic E-state index is -0.623. The van der Waals surface area contributed by atoms with Crippen LogP contribution in [0.2, 0.25) is 0 Å². The van der Waals surface area contributed by atoms with Gasteiger partial charge in [0.05, 0.1) is 35.9 Å². The van der Waals surface area contributed by atoms with Gasteiger partial charge in [-0.3, -0.25) is 14.8 Å². The number of aryl methyl sites for hydroxylation is 1. The van der Waals surface area contributed by atoms with Crippen LogP contribution in [-0.2, 0) is 15.1 Å². The minimum absolute atomic E-state index is 0.0261. The van der Waals surface area contributed by atoms with Crippen molar-refractivity contribution in [2.24, 2.45) is 5.92 Å². The van der Waals surface area contributed by atoms with Gasteiger partial charge in [0, 0.05) is 30.4 Å². The quantitative estimate of drug-likeness (QED) is 0.893. The molecule has 1 aliphatic heterocycles. The number of nitrogens with one attached hydrogen (secondary N) is 2. The van der Waals surface area contributed by atoms with Crippen LogP contribution < -0.4 is 10.6 Å². The number of hydrogen-bond donors (Lipinski definition) is 2. The summed E-state index contributed by atoms with van der Waals surface area (Å²) in [6, 6.07) is 5.93. The summed E-state index contributed by atoms with van der Waals surface area (Å²) in [6.45, 7) is 8.37. The van der Waals surface area contributed by atoms with E-state index >= 15 is 0 Å². The molecule has 6 heteroatoms. The Bertz CT molecular complexity index is 737. The first kappa shape index (κ1) is 16.8. The maximum atomic E-state index is 12.7. The lowest BCUT2D eigenvalue weighted by Gasteiger charge is -2.29. The monoisotopic (exact) mass is 328 g/mol. The van der Waals surface area contributed by atoms with Crippen molar-refractivity contribution in [2.75, 3.05) is 26.3 Å². The van der Waals surface area contributed by atoms with Crippen LogP contribution in [0.1, 0.15) is 25.2 Å². The number of fused-ring (bicyclic) bond motifs is 1. The van der Waals surface area contributed by atoms with E-state index in [4.69, 9.17) is 4.74 Å². The Morgan fingerprint density at radius 2 is 2.29 bits per heavy atom. The van der Waals surface area contributed by atoms with Crippen molar-refractivity contribution in [3.05, 3.63) is 35.8 Å². The predicted octanol–water partition coefficient (Wildman–Crippen LogP) is 1.53. The van der Waals surface area contributed by atoms with Crippen LogP contribution in [0.15, 0.2) is 24.4 Å². The second-order valence-corrected chi connectivity index (χ2v) is 6.78. The molecule has 2 N–H and O–H groups in total. The van der Waals surface area contributed by atoms with Gasteiger partial charge in [0.1, 0.15) is 0 Å². The molecule has 24 heavy (non-hydrogen) atoms. The van der Waals surface area contributed by atoms with Gasteiger partial charge < -0.3 is 15.4 Å². The molecular weight excluding hydrogens is 304 g/mol.